The molecular formula is C36H35N3O5S. The van der Waals surface area contributed by atoms with Gasteiger partial charge in [0.25, 0.3) is 10.0 Å². The molecule has 230 valence electrons. The number of cyclic esters (lactones) is 1. The van der Waals surface area contributed by atoms with E-state index in [2.05, 4.69) is 34.0 Å². The Hall–Kier alpha value is -4.94. The molecule has 0 bridgehead atoms. The number of sulfonamides is 1. The molecule has 4 aromatic rings. The molecule has 45 heavy (non-hydrogen) atoms. The number of aryl methyl sites for hydroxylation is 3. The van der Waals surface area contributed by atoms with E-state index in [0.29, 0.717) is 43.4 Å². The first-order valence-electron chi connectivity index (χ1n) is 15.0. The molecule has 0 radical (unpaired) electrons. The van der Waals surface area contributed by atoms with E-state index in [1.165, 1.54) is 18.3 Å². The highest BCUT2D eigenvalue weighted by Gasteiger charge is 2.41. The summed E-state index contributed by atoms with van der Waals surface area (Å²) in [6.07, 6.45) is 5.65. The number of carbonyl (C=O) groups excluding carboxylic acids is 1. The average molecular weight is 622 g/mol. The van der Waals surface area contributed by atoms with Crippen molar-refractivity contribution in [2.45, 2.75) is 62.0 Å². The van der Waals surface area contributed by atoms with Gasteiger partial charge in [-0.1, -0.05) is 72.8 Å². The van der Waals surface area contributed by atoms with Gasteiger partial charge in [-0.15, -0.1) is 0 Å². The van der Waals surface area contributed by atoms with E-state index in [0.717, 1.165) is 29.5 Å². The summed E-state index contributed by atoms with van der Waals surface area (Å²) in [6, 6.07) is 31.7. The molecule has 1 aromatic heterocycles. The molecule has 0 aliphatic carbocycles. The van der Waals surface area contributed by atoms with Crippen LogP contribution in [-0.2, 0) is 38.8 Å². The zero-order valence-corrected chi connectivity index (χ0v) is 25.7. The van der Waals surface area contributed by atoms with Gasteiger partial charge in [-0.25, -0.2) is 9.78 Å². The van der Waals surface area contributed by atoms with Gasteiger partial charge in [-0.3, -0.25) is 4.72 Å². The number of esters is 1. The third-order valence-electron chi connectivity index (χ3n) is 8.03. The van der Waals surface area contributed by atoms with Crippen molar-refractivity contribution in [2.24, 2.45) is 0 Å². The number of benzene rings is 3. The lowest BCUT2D eigenvalue weighted by molar-refractivity contribution is -0.160. The minimum Gasteiger partial charge on any atom is -0.512 e. The molecule has 0 spiro atoms. The number of carbonyl (C=O) groups is 1. The number of hydrogen-bond acceptors (Lipinski definition) is 7. The normalized spacial score (nSPS) is 14.4. The Morgan fingerprint density at radius 3 is 2.11 bits per heavy atom. The number of nitriles is 1. The third-order valence-corrected chi connectivity index (χ3v) is 9.31. The Labute approximate surface area is 264 Å². The largest absolute Gasteiger partial charge is 0.512 e. The van der Waals surface area contributed by atoms with Gasteiger partial charge in [-0.05, 0) is 85.9 Å². The van der Waals surface area contributed by atoms with E-state index in [4.69, 9.17) is 10.00 Å². The molecule has 2 heterocycles. The summed E-state index contributed by atoms with van der Waals surface area (Å²) in [5, 5.41) is 20.0. The van der Waals surface area contributed by atoms with Gasteiger partial charge < -0.3 is 9.84 Å². The molecule has 0 saturated carbocycles. The fourth-order valence-electron chi connectivity index (χ4n) is 5.60. The molecule has 0 unspecified atom stereocenters. The summed E-state index contributed by atoms with van der Waals surface area (Å²) in [5.74, 6) is -0.394. The van der Waals surface area contributed by atoms with Crippen molar-refractivity contribution >= 4 is 21.7 Å². The second kappa shape index (κ2) is 14.2. The number of anilines is 1. The van der Waals surface area contributed by atoms with Gasteiger partial charge in [0.15, 0.2) is 5.03 Å². The van der Waals surface area contributed by atoms with Crippen LogP contribution in [0.5, 0.6) is 0 Å². The summed E-state index contributed by atoms with van der Waals surface area (Å²) in [5.41, 5.74) is 3.21. The molecular weight excluding hydrogens is 586 g/mol. The maximum atomic E-state index is 13.3. The fraction of sp³-hybridized carbons (Fsp3) is 0.250. The van der Waals surface area contributed by atoms with Crippen molar-refractivity contribution in [3.63, 3.8) is 0 Å². The Balaban J connectivity index is 1.24. The lowest BCUT2D eigenvalue weighted by Crippen LogP contribution is -2.41. The van der Waals surface area contributed by atoms with Crippen molar-refractivity contribution in [3.05, 3.63) is 137 Å². The van der Waals surface area contributed by atoms with Crippen molar-refractivity contribution in [2.75, 3.05) is 4.72 Å². The summed E-state index contributed by atoms with van der Waals surface area (Å²) in [6.45, 7) is 0. The molecule has 8 nitrogen and oxygen atoms in total. The summed E-state index contributed by atoms with van der Waals surface area (Å²) in [4.78, 5) is 17.2. The number of pyridine rings is 1. The highest BCUT2D eigenvalue weighted by atomic mass is 32.2. The summed E-state index contributed by atoms with van der Waals surface area (Å²) < 4.78 is 34.3. The van der Waals surface area contributed by atoms with Crippen LogP contribution in [0.25, 0.3) is 0 Å². The van der Waals surface area contributed by atoms with Gasteiger partial charge in [-0.2, -0.15) is 13.7 Å². The number of aromatic nitrogens is 1. The predicted octanol–water partition coefficient (Wildman–Crippen LogP) is 6.84. The first-order chi connectivity index (χ1) is 21.7. The minimum absolute atomic E-state index is 0.0842. The average Bonchev–Trinajstić information content (AvgIpc) is 3.05. The van der Waals surface area contributed by atoms with E-state index in [9.17, 15) is 18.3 Å². The van der Waals surface area contributed by atoms with Crippen molar-refractivity contribution in [1.82, 2.24) is 4.98 Å². The number of ether oxygens (including phenoxy) is 1. The van der Waals surface area contributed by atoms with E-state index >= 15 is 0 Å². The van der Waals surface area contributed by atoms with Crippen LogP contribution in [0.4, 0.5) is 5.69 Å². The van der Waals surface area contributed by atoms with E-state index in [1.54, 1.807) is 18.2 Å². The number of nitrogens with zero attached hydrogens (tertiary/aromatic N) is 2. The molecule has 9 heteroatoms. The van der Waals surface area contributed by atoms with Crippen molar-refractivity contribution in [1.29, 1.82) is 5.26 Å². The summed E-state index contributed by atoms with van der Waals surface area (Å²) >= 11 is 0. The smallest absolute Gasteiger partial charge is 0.337 e. The van der Waals surface area contributed by atoms with Gasteiger partial charge in [0.1, 0.15) is 11.4 Å². The van der Waals surface area contributed by atoms with E-state index < -0.39 is 21.6 Å². The van der Waals surface area contributed by atoms with E-state index in [1.807, 2.05) is 48.5 Å². The van der Waals surface area contributed by atoms with Gasteiger partial charge in [0.2, 0.25) is 0 Å². The number of nitrogens with one attached hydrogen (secondary N) is 1. The predicted molar refractivity (Wildman–Crippen MR) is 172 cm³/mol. The van der Waals surface area contributed by atoms with E-state index in [-0.39, 0.29) is 22.8 Å². The zero-order valence-electron chi connectivity index (χ0n) is 24.9. The van der Waals surface area contributed by atoms with Crippen LogP contribution in [-0.4, -0.2) is 30.1 Å². The maximum Gasteiger partial charge on any atom is 0.337 e. The van der Waals surface area contributed by atoms with Crippen molar-refractivity contribution in [3.8, 4) is 6.07 Å². The first kappa shape index (κ1) is 31.5. The SMILES string of the molecule is N#Cc1ccnc(S(=O)(=O)Nc2cccc(CCCC3=C(O)CC(CCc4ccccc4)(CCc4ccccc4)OC3=O)c2)c1. The van der Waals surface area contributed by atoms with Gasteiger partial charge in [0.05, 0.1) is 17.2 Å². The number of rotatable bonds is 13. The van der Waals surface area contributed by atoms with Gasteiger partial charge in [0, 0.05) is 18.3 Å². The lowest BCUT2D eigenvalue weighted by Gasteiger charge is -2.37. The van der Waals surface area contributed by atoms with Crippen LogP contribution in [0.1, 0.15) is 54.4 Å². The highest BCUT2D eigenvalue weighted by molar-refractivity contribution is 7.92. The zero-order chi connectivity index (χ0) is 31.7. The highest BCUT2D eigenvalue weighted by Crippen LogP contribution is 2.38. The monoisotopic (exact) mass is 621 g/mol. The Kier molecular flexibility index (Phi) is 9.95. The molecule has 0 saturated heterocycles. The Bertz CT molecular complexity index is 1770. The molecule has 5 rings (SSSR count). The second-order valence-electron chi connectivity index (χ2n) is 11.3. The number of aliphatic hydroxyl groups is 1. The molecule has 0 amide bonds. The second-order valence-corrected chi connectivity index (χ2v) is 12.9. The van der Waals surface area contributed by atoms with Gasteiger partial charge >= 0.3 is 5.97 Å². The molecule has 2 N–H and O–H groups in total. The lowest BCUT2D eigenvalue weighted by atomic mass is 9.82. The first-order valence-corrected chi connectivity index (χ1v) is 16.4. The number of aliphatic hydroxyl groups excluding tert-OH is 1. The van der Waals surface area contributed by atoms with Crippen LogP contribution >= 0.6 is 0 Å². The molecule has 0 atom stereocenters. The topological polar surface area (TPSA) is 129 Å². The molecule has 3 aromatic carbocycles. The van der Waals surface area contributed by atoms with Crippen molar-refractivity contribution < 1.29 is 23.1 Å². The van der Waals surface area contributed by atoms with Crippen LogP contribution in [0, 0.1) is 11.3 Å². The Morgan fingerprint density at radius 2 is 1.49 bits per heavy atom. The standard InChI is InChI=1S/C36H35N3O5S/c37-26-30-19-22-38-34(24-30)45(42,43)39-31-15-7-13-29(23-31)14-8-16-32-33(40)25-36(44-35(32)41,20-17-27-9-3-1-4-10-27)21-18-28-11-5-2-6-12-28/h1-7,9-13,15,19,22-24,39-40H,8,14,16-18,20-21,25H2. The van der Waals surface area contributed by atoms with Crippen LogP contribution in [0.15, 0.2) is 120 Å². The third kappa shape index (κ3) is 8.37. The maximum absolute atomic E-state index is 13.3. The molecule has 1 aliphatic rings. The molecule has 0 fully saturated rings. The van der Waals surface area contributed by atoms with Crippen LogP contribution in [0.3, 0.4) is 0 Å². The minimum atomic E-state index is -3.99. The van der Waals surface area contributed by atoms with Crippen LogP contribution < -0.4 is 4.72 Å². The fourth-order valence-corrected chi connectivity index (χ4v) is 6.62. The molecule has 1 aliphatic heterocycles. The Morgan fingerprint density at radius 1 is 0.844 bits per heavy atom. The number of hydrogen-bond donors (Lipinski definition) is 2. The summed E-state index contributed by atoms with van der Waals surface area (Å²) in [7, 11) is -3.99. The quantitative estimate of drug-likeness (QED) is 0.156. The van der Waals surface area contributed by atoms with Crippen LogP contribution in [0.2, 0.25) is 0 Å².